The molecular formula is C21H26ClN3O5S. The molecule has 168 valence electrons. The molecule has 0 aliphatic heterocycles. The molecule has 2 amide bonds. The third kappa shape index (κ3) is 6.35. The topological polar surface area (TPSA) is 96.0 Å². The molecule has 0 aliphatic carbocycles. The molecule has 1 atom stereocenters. The molecule has 0 saturated carbocycles. The summed E-state index contributed by atoms with van der Waals surface area (Å²) >= 11 is 6.18. The lowest BCUT2D eigenvalue weighted by molar-refractivity contribution is -0.139. The van der Waals surface area contributed by atoms with Crippen LogP contribution in [0.1, 0.15) is 12.5 Å². The van der Waals surface area contributed by atoms with Gasteiger partial charge in [0.15, 0.2) is 0 Å². The Morgan fingerprint density at radius 1 is 1.16 bits per heavy atom. The van der Waals surface area contributed by atoms with Crippen LogP contribution < -0.4 is 14.4 Å². The van der Waals surface area contributed by atoms with Crippen molar-refractivity contribution < 1.29 is 22.7 Å². The molecule has 2 rings (SSSR count). The van der Waals surface area contributed by atoms with Gasteiger partial charge in [0.1, 0.15) is 18.3 Å². The number of carbonyl (C=O) groups excluding carboxylic acids is 2. The van der Waals surface area contributed by atoms with E-state index in [1.807, 2.05) is 0 Å². The van der Waals surface area contributed by atoms with Crippen molar-refractivity contribution in [3.05, 3.63) is 59.1 Å². The number of para-hydroxylation sites is 1. The fourth-order valence-electron chi connectivity index (χ4n) is 3.01. The van der Waals surface area contributed by atoms with E-state index in [9.17, 15) is 18.0 Å². The summed E-state index contributed by atoms with van der Waals surface area (Å²) in [6, 6.07) is 12.6. The molecule has 0 radical (unpaired) electrons. The zero-order valence-corrected chi connectivity index (χ0v) is 19.4. The summed E-state index contributed by atoms with van der Waals surface area (Å²) in [6.45, 7) is 1.16. The number of benzene rings is 2. The quantitative estimate of drug-likeness (QED) is 0.610. The zero-order chi connectivity index (χ0) is 23.2. The second kappa shape index (κ2) is 10.5. The van der Waals surface area contributed by atoms with Crippen LogP contribution in [0.5, 0.6) is 5.75 Å². The number of carbonyl (C=O) groups is 2. The first-order chi connectivity index (χ1) is 14.6. The van der Waals surface area contributed by atoms with Crippen LogP contribution in [0.25, 0.3) is 0 Å². The second-order valence-electron chi connectivity index (χ2n) is 6.88. The average Bonchev–Trinajstić information content (AvgIpc) is 2.74. The number of rotatable bonds is 9. The van der Waals surface area contributed by atoms with Crippen LogP contribution in [0.4, 0.5) is 5.69 Å². The van der Waals surface area contributed by atoms with Crippen molar-refractivity contribution in [3.8, 4) is 5.75 Å². The lowest BCUT2D eigenvalue weighted by Gasteiger charge is -2.31. The van der Waals surface area contributed by atoms with E-state index < -0.39 is 28.5 Å². The Hall–Kier alpha value is -2.78. The van der Waals surface area contributed by atoms with Gasteiger partial charge in [-0.3, -0.25) is 13.9 Å². The second-order valence-corrected chi connectivity index (χ2v) is 9.20. The van der Waals surface area contributed by atoms with Crippen LogP contribution >= 0.6 is 11.6 Å². The van der Waals surface area contributed by atoms with Gasteiger partial charge in [-0.05, 0) is 36.8 Å². The Kier molecular flexibility index (Phi) is 8.29. The molecule has 0 fully saturated rings. The Balaban J connectivity index is 2.40. The molecule has 0 saturated heterocycles. The van der Waals surface area contributed by atoms with E-state index in [-0.39, 0.29) is 23.2 Å². The summed E-state index contributed by atoms with van der Waals surface area (Å²) in [5.74, 6) is -0.324. The molecule has 0 spiro atoms. The number of hydrogen-bond acceptors (Lipinski definition) is 5. The number of methoxy groups -OCH3 is 1. The molecule has 0 aliphatic rings. The lowest BCUT2D eigenvalue weighted by Crippen LogP contribution is -2.50. The summed E-state index contributed by atoms with van der Waals surface area (Å²) in [5, 5.41) is 2.72. The predicted molar refractivity (Wildman–Crippen MR) is 121 cm³/mol. The van der Waals surface area contributed by atoms with Gasteiger partial charge in [0.05, 0.1) is 24.1 Å². The van der Waals surface area contributed by atoms with E-state index >= 15 is 0 Å². The molecule has 0 aromatic heterocycles. The van der Waals surface area contributed by atoms with Crippen LogP contribution in [0.2, 0.25) is 5.02 Å². The molecule has 1 unspecified atom stereocenters. The van der Waals surface area contributed by atoms with Crippen LogP contribution in [0, 0.1) is 0 Å². The highest BCUT2D eigenvalue weighted by atomic mass is 35.5. The summed E-state index contributed by atoms with van der Waals surface area (Å²) < 4.78 is 31.0. The minimum absolute atomic E-state index is 0.0880. The number of nitrogens with zero attached hydrogens (tertiary/aromatic N) is 2. The van der Waals surface area contributed by atoms with Gasteiger partial charge in [-0.25, -0.2) is 8.42 Å². The number of hydrogen-bond donors (Lipinski definition) is 1. The Morgan fingerprint density at radius 2 is 1.84 bits per heavy atom. The highest BCUT2D eigenvalue weighted by Crippen LogP contribution is 2.27. The maximum Gasteiger partial charge on any atom is 0.244 e. The van der Waals surface area contributed by atoms with E-state index in [0.29, 0.717) is 5.75 Å². The SMILES string of the molecule is CNC(=O)C(C)N(Cc1cccc(OC)c1)C(=O)CN(c1ccccc1Cl)S(C)(=O)=O. The highest BCUT2D eigenvalue weighted by Gasteiger charge is 2.30. The molecule has 2 aromatic carbocycles. The Bertz CT molecular complexity index is 1040. The number of amides is 2. The molecule has 0 bridgehead atoms. The highest BCUT2D eigenvalue weighted by molar-refractivity contribution is 7.92. The van der Waals surface area contributed by atoms with E-state index in [1.54, 1.807) is 49.4 Å². The third-order valence-electron chi connectivity index (χ3n) is 4.70. The number of sulfonamides is 1. The van der Waals surface area contributed by atoms with Crippen molar-refractivity contribution in [2.45, 2.75) is 19.5 Å². The lowest BCUT2D eigenvalue weighted by atomic mass is 10.1. The van der Waals surface area contributed by atoms with Crippen molar-refractivity contribution in [2.24, 2.45) is 0 Å². The molecule has 0 heterocycles. The summed E-state index contributed by atoms with van der Waals surface area (Å²) in [4.78, 5) is 26.9. The van der Waals surface area contributed by atoms with E-state index in [1.165, 1.54) is 25.1 Å². The van der Waals surface area contributed by atoms with Crippen molar-refractivity contribution in [2.75, 3.05) is 31.3 Å². The van der Waals surface area contributed by atoms with Crippen molar-refractivity contribution in [1.29, 1.82) is 0 Å². The van der Waals surface area contributed by atoms with E-state index in [2.05, 4.69) is 5.32 Å². The van der Waals surface area contributed by atoms with Gasteiger partial charge in [-0.1, -0.05) is 35.9 Å². The number of halogens is 1. The van der Waals surface area contributed by atoms with Gasteiger partial charge in [0, 0.05) is 13.6 Å². The molecule has 31 heavy (non-hydrogen) atoms. The van der Waals surface area contributed by atoms with E-state index in [4.69, 9.17) is 16.3 Å². The molecule has 2 aromatic rings. The molecule has 1 N–H and O–H groups in total. The van der Waals surface area contributed by atoms with Crippen molar-refractivity contribution in [1.82, 2.24) is 10.2 Å². The van der Waals surface area contributed by atoms with Gasteiger partial charge in [-0.15, -0.1) is 0 Å². The normalized spacial score (nSPS) is 12.0. The van der Waals surface area contributed by atoms with Crippen LogP contribution in [-0.2, 0) is 26.2 Å². The fraction of sp³-hybridized carbons (Fsp3) is 0.333. The largest absolute Gasteiger partial charge is 0.497 e. The first kappa shape index (κ1) is 24.5. The van der Waals surface area contributed by atoms with Crippen molar-refractivity contribution in [3.63, 3.8) is 0 Å². The first-order valence-corrected chi connectivity index (χ1v) is 11.7. The summed E-state index contributed by atoms with van der Waals surface area (Å²) in [6.07, 6.45) is 0.998. The summed E-state index contributed by atoms with van der Waals surface area (Å²) in [5.41, 5.74) is 0.918. The number of anilines is 1. The molecule has 8 nitrogen and oxygen atoms in total. The Labute approximate surface area is 187 Å². The minimum atomic E-state index is -3.82. The number of ether oxygens (including phenoxy) is 1. The van der Waals surface area contributed by atoms with Gasteiger partial charge in [-0.2, -0.15) is 0 Å². The average molecular weight is 468 g/mol. The fourth-order valence-corrected chi connectivity index (χ4v) is 4.16. The van der Waals surface area contributed by atoms with Gasteiger partial charge >= 0.3 is 0 Å². The third-order valence-corrected chi connectivity index (χ3v) is 6.15. The predicted octanol–water partition coefficient (Wildman–Crippen LogP) is 2.28. The Morgan fingerprint density at radius 3 is 2.42 bits per heavy atom. The van der Waals surface area contributed by atoms with Crippen LogP contribution in [0.3, 0.4) is 0 Å². The monoisotopic (exact) mass is 467 g/mol. The molecule has 10 heteroatoms. The van der Waals surface area contributed by atoms with E-state index in [0.717, 1.165) is 16.1 Å². The van der Waals surface area contributed by atoms with Gasteiger partial charge in [0.2, 0.25) is 21.8 Å². The maximum atomic E-state index is 13.3. The minimum Gasteiger partial charge on any atom is -0.497 e. The van der Waals surface area contributed by atoms with Crippen LogP contribution in [-0.4, -0.2) is 58.1 Å². The standard InChI is InChI=1S/C21H26ClN3O5S/c1-15(21(27)23-2)24(13-16-8-7-9-17(12-16)30-3)20(26)14-25(31(4,28)29)19-11-6-5-10-18(19)22/h5-12,15H,13-14H2,1-4H3,(H,23,27). The smallest absolute Gasteiger partial charge is 0.244 e. The van der Waals surface area contributed by atoms with Crippen LogP contribution in [0.15, 0.2) is 48.5 Å². The van der Waals surface area contributed by atoms with Gasteiger partial charge in [0.25, 0.3) is 0 Å². The number of nitrogens with one attached hydrogen (secondary N) is 1. The molecular weight excluding hydrogens is 442 g/mol. The van der Waals surface area contributed by atoms with Gasteiger partial charge < -0.3 is 15.0 Å². The summed E-state index contributed by atoms with van der Waals surface area (Å²) in [7, 11) is -0.821. The number of likely N-dealkylation sites (N-methyl/N-ethyl adjacent to an activating group) is 1. The zero-order valence-electron chi connectivity index (χ0n) is 17.8. The van der Waals surface area contributed by atoms with Crippen molar-refractivity contribution >= 4 is 39.1 Å². The first-order valence-electron chi connectivity index (χ1n) is 9.44. The maximum absolute atomic E-state index is 13.3.